The van der Waals surface area contributed by atoms with E-state index in [1.807, 2.05) is 12.1 Å². The molecule has 0 saturated carbocycles. The Balaban J connectivity index is 3.02. The molecular weight excluding hydrogens is 246 g/mol. The smallest absolute Gasteiger partial charge is 0.0991 e. The molecule has 1 atom stereocenters. The molecule has 2 heteroatoms. The number of benzene rings is 1. The van der Waals surface area contributed by atoms with Crippen LogP contribution in [0, 0.1) is 11.3 Å². The first-order valence-corrected chi connectivity index (χ1v) is 10.6. The summed E-state index contributed by atoms with van der Waals surface area (Å²) in [6.45, 7) is 13.7. The Morgan fingerprint density at radius 2 is 1.84 bits per heavy atom. The van der Waals surface area contributed by atoms with Crippen molar-refractivity contribution in [2.45, 2.75) is 51.7 Å². The van der Waals surface area contributed by atoms with E-state index in [0.717, 1.165) is 5.56 Å². The van der Waals surface area contributed by atoms with Crippen LogP contribution in [0.25, 0.3) is 0 Å². The van der Waals surface area contributed by atoms with Crippen molar-refractivity contribution in [3.8, 4) is 6.07 Å². The van der Waals surface area contributed by atoms with Gasteiger partial charge in [0.15, 0.2) is 0 Å². The molecule has 0 aromatic heterocycles. The third kappa shape index (κ3) is 4.36. The third-order valence-electron chi connectivity index (χ3n) is 3.67. The molecule has 1 unspecified atom stereocenters. The highest BCUT2D eigenvalue weighted by Gasteiger charge is 2.25. The first-order valence-electron chi connectivity index (χ1n) is 7.09. The van der Waals surface area contributed by atoms with Gasteiger partial charge in [-0.3, -0.25) is 0 Å². The lowest BCUT2D eigenvalue weighted by Gasteiger charge is -2.29. The highest BCUT2D eigenvalue weighted by atomic mass is 28.3. The normalized spacial score (nSPS) is 12.8. The highest BCUT2D eigenvalue weighted by molar-refractivity contribution is 6.83. The van der Waals surface area contributed by atoms with Gasteiger partial charge < -0.3 is 0 Å². The van der Waals surface area contributed by atoms with E-state index in [0.29, 0.717) is 5.92 Å². The maximum Gasteiger partial charge on any atom is 0.0991 e. The summed E-state index contributed by atoms with van der Waals surface area (Å²) < 4.78 is 0. The largest absolute Gasteiger partial charge is 0.192 e. The molecule has 102 valence electrons. The lowest BCUT2D eigenvalue weighted by atomic mass is 9.93. The molecular formula is C17H25NSi. The summed E-state index contributed by atoms with van der Waals surface area (Å²) in [6.07, 6.45) is 3.62. The second-order valence-corrected chi connectivity index (χ2v) is 11.3. The number of rotatable bonds is 6. The zero-order valence-corrected chi connectivity index (χ0v) is 13.7. The first-order chi connectivity index (χ1) is 8.90. The molecule has 0 fully saturated rings. The minimum atomic E-state index is -1.34. The number of allylic oxidation sites excluding steroid dienone is 1. The maximum atomic E-state index is 8.89. The molecule has 0 aliphatic rings. The Morgan fingerprint density at radius 1 is 1.26 bits per heavy atom. The lowest BCUT2D eigenvalue weighted by molar-refractivity contribution is 0.655. The fourth-order valence-corrected chi connectivity index (χ4v) is 3.62. The molecule has 0 aliphatic heterocycles. The molecule has 19 heavy (non-hydrogen) atoms. The SMILES string of the molecule is C=C(C(CCCC)c1ccc(C#N)cc1)[Si](C)(C)C. The van der Waals surface area contributed by atoms with Crippen molar-refractivity contribution in [2.75, 3.05) is 0 Å². The minimum Gasteiger partial charge on any atom is -0.192 e. The summed E-state index contributed by atoms with van der Waals surface area (Å²) in [7, 11) is -1.34. The summed E-state index contributed by atoms with van der Waals surface area (Å²) in [4.78, 5) is 0. The van der Waals surface area contributed by atoms with E-state index in [1.54, 1.807) is 0 Å². The second kappa shape index (κ2) is 6.72. The number of hydrogen-bond donors (Lipinski definition) is 0. The third-order valence-corrected chi connectivity index (χ3v) is 5.95. The molecule has 0 spiro atoms. The Morgan fingerprint density at radius 3 is 2.26 bits per heavy atom. The Hall–Kier alpha value is -1.33. The van der Waals surface area contributed by atoms with Gasteiger partial charge in [-0.1, -0.05) is 56.7 Å². The molecule has 1 aromatic rings. The van der Waals surface area contributed by atoms with E-state index < -0.39 is 8.07 Å². The number of hydrogen-bond acceptors (Lipinski definition) is 1. The molecule has 0 heterocycles. The van der Waals surface area contributed by atoms with Gasteiger partial charge in [0.25, 0.3) is 0 Å². The predicted octanol–water partition coefficient (Wildman–Crippen LogP) is 5.27. The standard InChI is InChI=1S/C17H25NSi/c1-6-7-8-17(14(2)19(3,4)5)16-11-9-15(13-18)10-12-16/h9-12,17H,2,6-8H2,1,3-5H3. The average molecular weight is 271 g/mol. The van der Waals surface area contributed by atoms with E-state index in [-0.39, 0.29) is 0 Å². The minimum absolute atomic E-state index is 0.458. The highest BCUT2D eigenvalue weighted by Crippen LogP contribution is 2.34. The predicted molar refractivity (Wildman–Crippen MR) is 85.9 cm³/mol. The van der Waals surface area contributed by atoms with Crippen molar-refractivity contribution in [1.82, 2.24) is 0 Å². The van der Waals surface area contributed by atoms with Gasteiger partial charge in [-0.2, -0.15) is 5.26 Å². The van der Waals surface area contributed by atoms with Gasteiger partial charge in [0.1, 0.15) is 0 Å². The van der Waals surface area contributed by atoms with Gasteiger partial charge in [-0.05, 0) is 24.1 Å². The van der Waals surface area contributed by atoms with Crippen molar-refractivity contribution in [3.63, 3.8) is 0 Å². The number of nitrogens with zero attached hydrogens (tertiary/aromatic N) is 1. The maximum absolute atomic E-state index is 8.89. The van der Waals surface area contributed by atoms with Crippen molar-refractivity contribution >= 4 is 8.07 Å². The van der Waals surface area contributed by atoms with Crippen LogP contribution in [-0.4, -0.2) is 8.07 Å². The van der Waals surface area contributed by atoms with Crippen molar-refractivity contribution in [2.24, 2.45) is 0 Å². The summed E-state index contributed by atoms with van der Waals surface area (Å²) in [5.41, 5.74) is 2.05. The molecule has 1 rings (SSSR count). The Kier molecular flexibility index (Phi) is 5.56. The topological polar surface area (TPSA) is 23.8 Å². The van der Waals surface area contributed by atoms with Crippen LogP contribution in [0.2, 0.25) is 19.6 Å². The summed E-state index contributed by atoms with van der Waals surface area (Å²) in [6, 6.07) is 10.2. The van der Waals surface area contributed by atoms with E-state index in [4.69, 9.17) is 5.26 Å². The van der Waals surface area contributed by atoms with Gasteiger partial charge in [0.05, 0.1) is 19.7 Å². The molecule has 0 bridgehead atoms. The van der Waals surface area contributed by atoms with Crippen LogP contribution in [0.1, 0.15) is 43.2 Å². The lowest BCUT2D eigenvalue weighted by Crippen LogP contribution is -2.27. The Bertz CT molecular complexity index is 460. The van der Waals surface area contributed by atoms with Crippen LogP contribution in [0.4, 0.5) is 0 Å². The fourth-order valence-electron chi connectivity index (χ4n) is 2.26. The molecule has 0 aliphatic carbocycles. The average Bonchev–Trinajstić information content (AvgIpc) is 2.38. The van der Waals surface area contributed by atoms with Crippen molar-refractivity contribution in [1.29, 1.82) is 5.26 Å². The van der Waals surface area contributed by atoms with E-state index in [9.17, 15) is 0 Å². The van der Waals surface area contributed by atoms with Crippen LogP contribution >= 0.6 is 0 Å². The molecule has 0 radical (unpaired) electrons. The van der Waals surface area contributed by atoms with Gasteiger partial charge in [-0.25, -0.2) is 0 Å². The molecule has 1 aromatic carbocycles. The van der Waals surface area contributed by atoms with Gasteiger partial charge in [-0.15, -0.1) is 6.58 Å². The number of unbranched alkanes of at least 4 members (excludes halogenated alkanes) is 1. The van der Waals surface area contributed by atoms with Gasteiger partial charge in [0.2, 0.25) is 0 Å². The van der Waals surface area contributed by atoms with Crippen molar-refractivity contribution < 1.29 is 0 Å². The van der Waals surface area contributed by atoms with Crippen LogP contribution in [0.3, 0.4) is 0 Å². The summed E-state index contributed by atoms with van der Waals surface area (Å²) >= 11 is 0. The fraction of sp³-hybridized carbons (Fsp3) is 0.471. The zero-order chi connectivity index (χ0) is 14.5. The molecule has 0 amide bonds. The second-order valence-electron chi connectivity index (χ2n) is 6.20. The van der Waals surface area contributed by atoms with E-state index >= 15 is 0 Å². The van der Waals surface area contributed by atoms with Gasteiger partial charge in [0, 0.05) is 5.92 Å². The van der Waals surface area contributed by atoms with Crippen LogP contribution in [0.15, 0.2) is 36.0 Å². The summed E-state index contributed by atoms with van der Waals surface area (Å²) in [5, 5.41) is 10.3. The van der Waals surface area contributed by atoms with Crippen LogP contribution < -0.4 is 0 Å². The molecule has 1 nitrogen and oxygen atoms in total. The van der Waals surface area contributed by atoms with Crippen LogP contribution in [-0.2, 0) is 0 Å². The van der Waals surface area contributed by atoms with Gasteiger partial charge >= 0.3 is 0 Å². The van der Waals surface area contributed by atoms with E-state index in [2.05, 4.69) is 51.3 Å². The quantitative estimate of drug-likeness (QED) is 0.647. The van der Waals surface area contributed by atoms with Crippen molar-refractivity contribution in [3.05, 3.63) is 47.2 Å². The summed E-state index contributed by atoms with van der Waals surface area (Å²) in [5.74, 6) is 0.458. The first kappa shape index (κ1) is 15.7. The zero-order valence-electron chi connectivity index (χ0n) is 12.7. The monoisotopic (exact) mass is 271 g/mol. The Labute approximate surface area is 119 Å². The van der Waals surface area contributed by atoms with Crippen LogP contribution in [0.5, 0.6) is 0 Å². The molecule has 0 N–H and O–H groups in total. The van der Waals surface area contributed by atoms with E-state index in [1.165, 1.54) is 30.0 Å². The number of nitriles is 1. The molecule has 0 saturated heterocycles.